The molecular weight excluding hydrogens is 298 g/mol. The highest BCUT2D eigenvalue weighted by Gasteiger charge is 2.17. The van der Waals surface area contributed by atoms with Crippen LogP contribution >= 0.6 is 12.4 Å². The molecule has 1 amide bonds. The van der Waals surface area contributed by atoms with E-state index in [0.29, 0.717) is 6.54 Å². The van der Waals surface area contributed by atoms with Crippen LogP contribution in [0.3, 0.4) is 0 Å². The van der Waals surface area contributed by atoms with Gasteiger partial charge in [-0.1, -0.05) is 12.1 Å². The standard InChI is InChI=1S/C17H27N3O.ClH/c1-13-9-15(3)16(10-14(13)2)11-19(4)12-17(21)20-7-5-18-6-8-20;/h9-10,18H,5-8,11-12H2,1-4H3;1H. The van der Waals surface area contributed by atoms with Crippen LogP contribution in [-0.4, -0.2) is 55.5 Å². The van der Waals surface area contributed by atoms with Crippen molar-refractivity contribution in [2.24, 2.45) is 0 Å². The number of piperazine rings is 1. The number of nitrogens with one attached hydrogen (secondary N) is 1. The molecule has 1 saturated heterocycles. The summed E-state index contributed by atoms with van der Waals surface area (Å²) in [6.07, 6.45) is 0. The average molecular weight is 326 g/mol. The normalized spacial score (nSPS) is 14.9. The van der Waals surface area contributed by atoms with E-state index in [2.05, 4.69) is 43.1 Å². The summed E-state index contributed by atoms with van der Waals surface area (Å²) in [7, 11) is 2.02. The van der Waals surface area contributed by atoms with Gasteiger partial charge in [-0.25, -0.2) is 0 Å². The van der Waals surface area contributed by atoms with Crippen LogP contribution in [0.1, 0.15) is 22.3 Å². The third kappa shape index (κ3) is 4.97. The number of halogens is 1. The fourth-order valence-electron chi connectivity index (χ4n) is 2.78. The second kappa shape index (κ2) is 8.51. The van der Waals surface area contributed by atoms with Gasteiger partial charge in [0.05, 0.1) is 6.54 Å². The van der Waals surface area contributed by atoms with Crippen molar-refractivity contribution < 1.29 is 4.79 Å². The minimum Gasteiger partial charge on any atom is -0.339 e. The lowest BCUT2D eigenvalue weighted by molar-refractivity contribution is -0.132. The molecule has 0 aromatic heterocycles. The van der Waals surface area contributed by atoms with Crippen molar-refractivity contribution in [1.82, 2.24) is 15.1 Å². The molecular formula is C17H28ClN3O. The molecule has 124 valence electrons. The monoisotopic (exact) mass is 325 g/mol. The van der Waals surface area contributed by atoms with Crippen LogP contribution < -0.4 is 5.32 Å². The van der Waals surface area contributed by atoms with E-state index in [4.69, 9.17) is 0 Å². The second-order valence-electron chi connectivity index (χ2n) is 6.17. The van der Waals surface area contributed by atoms with Crippen LogP contribution in [0.2, 0.25) is 0 Å². The van der Waals surface area contributed by atoms with Gasteiger partial charge < -0.3 is 10.2 Å². The topological polar surface area (TPSA) is 35.6 Å². The van der Waals surface area contributed by atoms with Gasteiger partial charge in [0.2, 0.25) is 5.91 Å². The Morgan fingerprint density at radius 3 is 2.36 bits per heavy atom. The van der Waals surface area contributed by atoms with E-state index < -0.39 is 0 Å². The molecule has 4 nitrogen and oxygen atoms in total. The summed E-state index contributed by atoms with van der Waals surface area (Å²) in [5.41, 5.74) is 5.27. The summed E-state index contributed by atoms with van der Waals surface area (Å²) in [4.78, 5) is 16.3. The number of carbonyl (C=O) groups excluding carboxylic acids is 1. The number of hydrogen-bond donors (Lipinski definition) is 1. The minimum absolute atomic E-state index is 0. The summed E-state index contributed by atoms with van der Waals surface area (Å²) in [6, 6.07) is 4.48. The number of amides is 1. The van der Waals surface area contributed by atoms with E-state index in [1.807, 2.05) is 11.9 Å². The van der Waals surface area contributed by atoms with E-state index in [1.54, 1.807) is 0 Å². The first-order valence-electron chi connectivity index (χ1n) is 7.71. The van der Waals surface area contributed by atoms with Gasteiger partial charge in [-0.3, -0.25) is 9.69 Å². The maximum absolute atomic E-state index is 12.3. The number of carbonyl (C=O) groups is 1. The van der Waals surface area contributed by atoms with Crippen molar-refractivity contribution in [3.8, 4) is 0 Å². The van der Waals surface area contributed by atoms with Crippen LogP contribution in [-0.2, 0) is 11.3 Å². The molecule has 1 heterocycles. The average Bonchev–Trinajstić information content (AvgIpc) is 2.45. The summed E-state index contributed by atoms with van der Waals surface area (Å²) in [6.45, 7) is 11.2. The van der Waals surface area contributed by atoms with Crippen molar-refractivity contribution in [1.29, 1.82) is 0 Å². The molecule has 2 rings (SSSR count). The molecule has 0 radical (unpaired) electrons. The first-order valence-corrected chi connectivity index (χ1v) is 7.71. The molecule has 0 unspecified atom stereocenters. The zero-order valence-electron chi connectivity index (χ0n) is 14.1. The van der Waals surface area contributed by atoms with Crippen molar-refractivity contribution in [3.63, 3.8) is 0 Å². The molecule has 1 aromatic rings. The highest BCUT2D eigenvalue weighted by atomic mass is 35.5. The predicted molar refractivity (Wildman–Crippen MR) is 93.7 cm³/mol. The molecule has 22 heavy (non-hydrogen) atoms. The first-order chi connectivity index (χ1) is 9.97. The highest BCUT2D eigenvalue weighted by Crippen LogP contribution is 2.16. The van der Waals surface area contributed by atoms with Gasteiger partial charge in [0.25, 0.3) is 0 Å². The first kappa shape index (κ1) is 18.9. The maximum Gasteiger partial charge on any atom is 0.236 e. The van der Waals surface area contributed by atoms with Crippen LogP contribution in [0, 0.1) is 20.8 Å². The molecule has 5 heteroatoms. The van der Waals surface area contributed by atoms with Gasteiger partial charge in [-0.2, -0.15) is 0 Å². The fraction of sp³-hybridized carbons (Fsp3) is 0.588. The Balaban J connectivity index is 0.00000242. The van der Waals surface area contributed by atoms with Crippen molar-refractivity contribution in [3.05, 3.63) is 34.4 Å². The Morgan fingerprint density at radius 1 is 1.14 bits per heavy atom. The molecule has 1 fully saturated rings. The summed E-state index contributed by atoms with van der Waals surface area (Å²) in [5, 5.41) is 3.27. The van der Waals surface area contributed by atoms with Crippen molar-refractivity contribution >= 4 is 18.3 Å². The van der Waals surface area contributed by atoms with Crippen molar-refractivity contribution in [2.45, 2.75) is 27.3 Å². The quantitative estimate of drug-likeness (QED) is 0.918. The van der Waals surface area contributed by atoms with Crippen molar-refractivity contribution in [2.75, 3.05) is 39.8 Å². The Labute approximate surface area is 140 Å². The van der Waals surface area contributed by atoms with E-state index in [9.17, 15) is 4.79 Å². The molecule has 0 bridgehead atoms. The lowest BCUT2D eigenvalue weighted by atomic mass is 10.0. The number of likely N-dealkylation sites (N-methyl/N-ethyl adjacent to an activating group) is 1. The molecule has 1 aliphatic rings. The molecule has 1 N–H and O–H groups in total. The molecule has 1 aromatic carbocycles. The predicted octanol–water partition coefficient (Wildman–Crippen LogP) is 1.90. The van der Waals surface area contributed by atoms with Crippen LogP contribution in [0.25, 0.3) is 0 Å². The molecule has 0 spiro atoms. The number of aryl methyl sites for hydroxylation is 3. The SMILES string of the molecule is Cc1cc(C)c(CN(C)CC(=O)N2CCNCC2)cc1C.Cl. The molecule has 0 saturated carbocycles. The fourth-order valence-corrected chi connectivity index (χ4v) is 2.78. The third-order valence-corrected chi connectivity index (χ3v) is 4.27. The minimum atomic E-state index is 0. The molecule has 0 aliphatic carbocycles. The number of hydrogen-bond acceptors (Lipinski definition) is 3. The summed E-state index contributed by atoms with van der Waals surface area (Å²) in [5.74, 6) is 0.237. The Kier molecular flexibility index (Phi) is 7.33. The summed E-state index contributed by atoms with van der Waals surface area (Å²) >= 11 is 0. The van der Waals surface area contributed by atoms with Crippen LogP contribution in [0.4, 0.5) is 0 Å². The Hall–Kier alpha value is -1.10. The van der Waals surface area contributed by atoms with Gasteiger partial charge in [0.15, 0.2) is 0 Å². The number of benzene rings is 1. The third-order valence-electron chi connectivity index (χ3n) is 4.27. The lowest BCUT2D eigenvalue weighted by Crippen LogP contribution is -2.49. The van der Waals surface area contributed by atoms with Crippen LogP contribution in [0.15, 0.2) is 12.1 Å². The van der Waals surface area contributed by atoms with Crippen LogP contribution in [0.5, 0.6) is 0 Å². The largest absolute Gasteiger partial charge is 0.339 e. The Morgan fingerprint density at radius 2 is 1.73 bits per heavy atom. The Bertz CT molecular complexity index is 513. The lowest BCUT2D eigenvalue weighted by Gasteiger charge is -2.29. The van der Waals surface area contributed by atoms with E-state index in [1.165, 1.54) is 22.3 Å². The van der Waals surface area contributed by atoms with Gasteiger partial charge in [0.1, 0.15) is 0 Å². The number of nitrogens with zero attached hydrogens (tertiary/aromatic N) is 2. The van der Waals surface area contributed by atoms with Gasteiger partial charge in [-0.05, 0) is 50.1 Å². The summed E-state index contributed by atoms with van der Waals surface area (Å²) < 4.78 is 0. The maximum atomic E-state index is 12.3. The van der Waals surface area contributed by atoms with E-state index in [-0.39, 0.29) is 18.3 Å². The van der Waals surface area contributed by atoms with E-state index >= 15 is 0 Å². The second-order valence-corrected chi connectivity index (χ2v) is 6.17. The zero-order valence-corrected chi connectivity index (χ0v) is 14.9. The van der Waals surface area contributed by atoms with Gasteiger partial charge in [-0.15, -0.1) is 12.4 Å². The highest BCUT2D eigenvalue weighted by molar-refractivity contribution is 5.85. The van der Waals surface area contributed by atoms with Gasteiger partial charge >= 0.3 is 0 Å². The smallest absolute Gasteiger partial charge is 0.236 e. The van der Waals surface area contributed by atoms with Gasteiger partial charge in [0, 0.05) is 32.7 Å². The number of rotatable bonds is 4. The van der Waals surface area contributed by atoms with E-state index in [0.717, 1.165) is 32.7 Å². The molecule has 1 aliphatic heterocycles. The zero-order chi connectivity index (χ0) is 15.4. The molecule has 0 atom stereocenters.